The molecule has 0 aliphatic rings. The first-order valence-electron chi connectivity index (χ1n) is 6.41. The number of thioether (sulfide) groups is 1. The van der Waals surface area contributed by atoms with Crippen molar-refractivity contribution in [1.29, 1.82) is 0 Å². The van der Waals surface area contributed by atoms with Crippen molar-refractivity contribution in [3.8, 4) is 0 Å². The molecule has 0 heterocycles. The lowest BCUT2D eigenvalue weighted by Gasteiger charge is -2.11. The SMILES string of the molecule is [2H]C([2H])([2H])SC([2H])([2H])C([2H])([2H])C(NC(C)=O)C(=O)O. The molecule has 5 heteroatoms. The lowest BCUT2D eigenvalue weighted by molar-refractivity contribution is -0.141. The molecular formula is C7H13NO3S. The summed E-state index contributed by atoms with van der Waals surface area (Å²) >= 11 is -0.318. The molecular weight excluding hydrogens is 178 g/mol. The molecule has 0 saturated heterocycles. The minimum atomic E-state index is -3.12. The van der Waals surface area contributed by atoms with Crippen molar-refractivity contribution >= 4 is 23.6 Å². The Morgan fingerprint density at radius 2 is 2.50 bits per heavy atom. The Hall–Kier alpha value is -0.710. The molecule has 0 rings (SSSR count). The molecule has 1 amide bonds. The third-order valence-corrected chi connectivity index (χ3v) is 1.07. The maximum atomic E-state index is 10.9. The molecule has 0 spiro atoms. The van der Waals surface area contributed by atoms with Crippen LogP contribution in [0.2, 0.25) is 0 Å². The number of hydrogen-bond acceptors (Lipinski definition) is 3. The van der Waals surface area contributed by atoms with Crippen LogP contribution in [0.3, 0.4) is 0 Å². The summed E-state index contributed by atoms with van der Waals surface area (Å²) in [5.74, 6) is -2.67. The summed E-state index contributed by atoms with van der Waals surface area (Å²) in [4.78, 5) is 21.8. The molecule has 0 aliphatic heterocycles. The van der Waals surface area contributed by atoms with Crippen molar-refractivity contribution in [2.24, 2.45) is 0 Å². The number of carbonyl (C=O) groups excluding carboxylic acids is 1. The van der Waals surface area contributed by atoms with Gasteiger partial charge >= 0.3 is 5.97 Å². The van der Waals surface area contributed by atoms with E-state index in [9.17, 15) is 9.59 Å². The molecule has 1 atom stereocenters. The molecule has 12 heavy (non-hydrogen) atoms. The molecule has 2 N–H and O–H groups in total. The molecule has 0 saturated carbocycles. The molecule has 0 radical (unpaired) electrons. The van der Waals surface area contributed by atoms with Crippen LogP contribution in [0.1, 0.15) is 22.9 Å². The van der Waals surface area contributed by atoms with Crippen molar-refractivity contribution in [3.63, 3.8) is 0 Å². The summed E-state index contributed by atoms with van der Waals surface area (Å²) in [6.07, 6.45) is -5.97. The van der Waals surface area contributed by atoms with E-state index in [0.717, 1.165) is 6.92 Å². The van der Waals surface area contributed by atoms with Gasteiger partial charge in [-0.15, -0.1) is 0 Å². The van der Waals surface area contributed by atoms with Crippen LogP contribution in [0.5, 0.6) is 0 Å². The van der Waals surface area contributed by atoms with Gasteiger partial charge in [0.25, 0.3) is 0 Å². The van der Waals surface area contributed by atoms with E-state index in [-0.39, 0.29) is 11.8 Å². The third-order valence-electron chi connectivity index (χ3n) is 0.849. The van der Waals surface area contributed by atoms with Crippen LogP contribution in [0.4, 0.5) is 0 Å². The van der Waals surface area contributed by atoms with Gasteiger partial charge in [-0.25, -0.2) is 4.79 Å². The highest BCUT2D eigenvalue weighted by atomic mass is 32.2. The van der Waals surface area contributed by atoms with Crippen molar-refractivity contribution in [2.45, 2.75) is 19.3 Å². The number of carboxylic acids is 1. The molecule has 0 aromatic carbocycles. The van der Waals surface area contributed by atoms with E-state index >= 15 is 0 Å². The summed E-state index contributed by atoms with van der Waals surface area (Å²) in [6.45, 7) is 0.943. The molecule has 0 aromatic rings. The van der Waals surface area contributed by atoms with Gasteiger partial charge in [-0.2, -0.15) is 11.8 Å². The summed E-state index contributed by atoms with van der Waals surface area (Å²) in [5.41, 5.74) is -3.04. The molecule has 0 bridgehead atoms. The lowest BCUT2D eigenvalue weighted by Crippen LogP contribution is -2.39. The number of amides is 1. The highest BCUT2D eigenvalue weighted by Crippen LogP contribution is 2.00. The highest BCUT2D eigenvalue weighted by molar-refractivity contribution is 7.98. The van der Waals surface area contributed by atoms with Crippen LogP contribution < -0.4 is 5.32 Å². The second-order valence-electron chi connectivity index (χ2n) is 1.82. The summed E-state index contributed by atoms with van der Waals surface area (Å²) in [6, 6.07) is -2.20. The van der Waals surface area contributed by atoms with E-state index in [0.29, 0.717) is 0 Å². The predicted octanol–water partition coefficient (Wildman–Crippen LogP) is 0.329. The molecule has 0 aromatic heterocycles. The molecule has 4 nitrogen and oxygen atoms in total. The third kappa shape index (κ3) is 5.01. The Morgan fingerprint density at radius 1 is 1.83 bits per heavy atom. The van der Waals surface area contributed by atoms with E-state index in [2.05, 4.69) is 0 Å². The first kappa shape index (κ1) is 4.00. The van der Waals surface area contributed by atoms with Gasteiger partial charge < -0.3 is 10.4 Å². The van der Waals surface area contributed by atoms with E-state index in [1.165, 1.54) is 0 Å². The van der Waals surface area contributed by atoms with Crippen molar-refractivity contribution in [1.82, 2.24) is 5.32 Å². The maximum Gasteiger partial charge on any atom is 0.326 e. The Kier molecular flexibility index (Phi) is 1.96. The molecule has 0 fully saturated rings. The minimum Gasteiger partial charge on any atom is -0.480 e. The first-order chi connectivity index (χ1) is 8.21. The fraction of sp³-hybridized carbons (Fsp3) is 0.714. The van der Waals surface area contributed by atoms with Crippen LogP contribution in [0.25, 0.3) is 0 Å². The summed E-state index contributed by atoms with van der Waals surface area (Å²) < 4.78 is 50.6. The Labute approximate surface area is 85.6 Å². The summed E-state index contributed by atoms with van der Waals surface area (Å²) in [5, 5.41) is 10.6. The number of nitrogens with one attached hydrogen (secondary N) is 1. The topological polar surface area (TPSA) is 66.4 Å². The van der Waals surface area contributed by atoms with Crippen LogP contribution in [-0.2, 0) is 9.59 Å². The zero-order valence-corrected chi connectivity index (χ0v) is 7.07. The van der Waals surface area contributed by atoms with Gasteiger partial charge in [-0.1, -0.05) is 0 Å². The Morgan fingerprint density at radius 3 is 2.92 bits per heavy atom. The Balaban J connectivity index is 5.39. The lowest BCUT2D eigenvalue weighted by atomic mass is 10.2. The largest absolute Gasteiger partial charge is 0.480 e. The monoisotopic (exact) mass is 198 g/mol. The van der Waals surface area contributed by atoms with E-state index in [1.54, 1.807) is 5.32 Å². The average molecular weight is 198 g/mol. The van der Waals surface area contributed by atoms with Gasteiger partial charge in [-0.05, 0) is 18.3 Å². The zero-order chi connectivity index (χ0) is 15.6. The van der Waals surface area contributed by atoms with Crippen molar-refractivity contribution in [3.05, 3.63) is 0 Å². The summed E-state index contributed by atoms with van der Waals surface area (Å²) in [7, 11) is 0. The second-order valence-corrected chi connectivity index (χ2v) is 2.23. The number of rotatable bonds is 5. The van der Waals surface area contributed by atoms with Crippen LogP contribution >= 0.6 is 11.8 Å². The van der Waals surface area contributed by atoms with Crippen molar-refractivity contribution in [2.75, 3.05) is 11.9 Å². The minimum absolute atomic E-state index is 0.318. The standard InChI is InChI=1S/C7H13NO3S/c1-5(9)8-6(7(10)11)3-4-12-2/h6H,3-4H2,1-2H3,(H,8,9)(H,10,11)/i2D3,3D2,4D2. The highest BCUT2D eigenvalue weighted by Gasteiger charge is 2.16. The molecule has 70 valence electrons. The van der Waals surface area contributed by atoms with Crippen LogP contribution in [-0.4, -0.2) is 34.9 Å². The molecule has 0 aliphatic carbocycles. The van der Waals surface area contributed by atoms with E-state index < -0.39 is 36.2 Å². The van der Waals surface area contributed by atoms with Gasteiger partial charge in [0.05, 0.1) is 0 Å². The fourth-order valence-electron chi connectivity index (χ4n) is 0.451. The number of aliphatic carboxylic acids is 1. The average Bonchev–Trinajstić information content (AvgIpc) is 2.08. The maximum absolute atomic E-state index is 10.9. The quantitative estimate of drug-likeness (QED) is 0.668. The van der Waals surface area contributed by atoms with E-state index in [1.807, 2.05) is 0 Å². The van der Waals surface area contributed by atoms with Crippen LogP contribution in [0.15, 0.2) is 0 Å². The van der Waals surface area contributed by atoms with Gasteiger partial charge in [-0.3, -0.25) is 4.79 Å². The van der Waals surface area contributed by atoms with E-state index in [4.69, 9.17) is 14.7 Å². The second kappa shape index (κ2) is 5.88. The number of hydrogen-bond donors (Lipinski definition) is 2. The zero-order valence-electron chi connectivity index (χ0n) is 13.2. The predicted molar refractivity (Wildman–Crippen MR) is 48.2 cm³/mol. The number of carbonyl (C=O) groups is 2. The Bertz CT molecular complexity index is 370. The van der Waals surface area contributed by atoms with Gasteiger partial charge in [0, 0.05) is 16.5 Å². The first-order valence-corrected chi connectivity index (χ1v) is 3.72. The normalized spacial score (nSPS) is 24.2. The van der Waals surface area contributed by atoms with Gasteiger partial charge in [0.15, 0.2) is 0 Å². The van der Waals surface area contributed by atoms with Gasteiger partial charge in [0.1, 0.15) is 6.04 Å². The molecule has 1 unspecified atom stereocenters. The van der Waals surface area contributed by atoms with Crippen LogP contribution in [0, 0.1) is 0 Å². The van der Waals surface area contributed by atoms with Gasteiger partial charge in [0.2, 0.25) is 5.91 Å². The fourth-order valence-corrected chi connectivity index (χ4v) is 0.628. The number of carboxylic acid groups (broad SMARTS) is 1. The van der Waals surface area contributed by atoms with Crippen molar-refractivity contribution < 1.29 is 24.3 Å². The smallest absolute Gasteiger partial charge is 0.326 e.